The topological polar surface area (TPSA) is 174 Å². The Hall–Kier alpha value is -5.63. The molecule has 46 heavy (non-hydrogen) atoms. The zero-order valence-corrected chi connectivity index (χ0v) is 26.0. The summed E-state index contributed by atoms with van der Waals surface area (Å²) in [6.45, 7) is 1.22. The van der Waals surface area contributed by atoms with Gasteiger partial charge >= 0.3 is 12.1 Å². The van der Waals surface area contributed by atoms with Crippen molar-refractivity contribution in [2.45, 2.75) is 18.2 Å². The van der Waals surface area contributed by atoms with Crippen molar-refractivity contribution >= 4 is 55.5 Å². The summed E-state index contributed by atoms with van der Waals surface area (Å²) < 4.78 is 40.2. The Morgan fingerprint density at radius 3 is 2.50 bits per heavy atom. The number of carbonyl (C=O) groups is 2. The average molecular weight is 643 g/mol. The maximum Gasteiger partial charge on any atom is 0.412 e. The summed E-state index contributed by atoms with van der Waals surface area (Å²) in [6, 6.07) is 19.5. The zero-order valence-electron chi connectivity index (χ0n) is 25.2. The van der Waals surface area contributed by atoms with E-state index in [2.05, 4.69) is 15.3 Å². The van der Waals surface area contributed by atoms with Crippen LogP contribution in [0, 0.1) is 5.41 Å². The molecule has 0 unspecified atom stereocenters. The van der Waals surface area contributed by atoms with Crippen LogP contribution in [-0.2, 0) is 37.8 Å². The Labute approximate surface area is 264 Å². The van der Waals surface area contributed by atoms with Crippen molar-refractivity contribution in [1.82, 2.24) is 19.9 Å². The van der Waals surface area contributed by atoms with Gasteiger partial charge < -0.3 is 14.0 Å². The lowest BCUT2D eigenvalue weighted by molar-refractivity contribution is -0.138. The highest BCUT2D eigenvalue weighted by atomic mass is 32.2. The van der Waals surface area contributed by atoms with Gasteiger partial charge in [0.05, 0.1) is 36.0 Å². The number of alkyl carbamates (subject to hydrolysis) is 1. The van der Waals surface area contributed by atoms with Crippen molar-refractivity contribution in [3.63, 3.8) is 0 Å². The molecule has 2 heterocycles. The molecule has 0 bridgehead atoms. The Balaban J connectivity index is 1.52. The molecule has 0 saturated heterocycles. The molecule has 2 N–H and O–H groups in total. The number of methoxy groups -OCH3 is 1. The van der Waals surface area contributed by atoms with Crippen LogP contribution in [0.3, 0.4) is 0 Å². The third-order valence-electron chi connectivity index (χ3n) is 7.20. The van der Waals surface area contributed by atoms with Crippen LogP contribution in [-0.4, -0.2) is 61.1 Å². The number of aryl methyl sites for hydroxylation is 1. The van der Waals surface area contributed by atoms with Gasteiger partial charge in [-0.1, -0.05) is 42.5 Å². The van der Waals surface area contributed by atoms with Crippen molar-refractivity contribution in [1.29, 1.82) is 5.41 Å². The minimum absolute atomic E-state index is 0.0855. The molecule has 2 aromatic heterocycles. The Bertz CT molecular complexity index is 2140. The molecule has 0 atom stereocenters. The van der Waals surface area contributed by atoms with E-state index in [1.165, 1.54) is 36.1 Å². The number of esters is 1. The maximum atomic E-state index is 14.1. The smallest absolute Gasteiger partial charge is 0.412 e. The first kappa shape index (κ1) is 31.8. The standard InChI is InChI=1S/C32H30N6O7S/c1-4-45-32(41)36-30(33)22-12-10-20(11-13-22)17-25-31(40)37(2)26-15-14-23(18-24(26)35-25)38(19-28(39)44-3)46(42,43)27-9-5-7-21-8-6-16-34-29(21)27/h5-16,18H,4,17,19H2,1-3H3,(H2,33,36,41). The number of sulfonamides is 1. The van der Waals surface area contributed by atoms with Gasteiger partial charge in [0.1, 0.15) is 23.0 Å². The number of carbonyl (C=O) groups excluding carboxylic acids is 2. The monoisotopic (exact) mass is 642 g/mol. The lowest BCUT2D eigenvalue weighted by atomic mass is 10.1. The first-order chi connectivity index (χ1) is 22.0. The van der Waals surface area contributed by atoms with Crippen molar-refractivity contribution in [3.8, 4) is 0 Å². The molecule has 0 saturated carbocycles. The number of nitrogens with zero attached hydrogens (tertiary/aromatic N) is 4. The molecule has 0 radical (unpaired) electrons. The van der Waals surface area contributed by atoms with E-state index in [0.717, 1.165) is 4.31 Å². The molecule has 0 spiro atoms. The number of hydrogen-bond acceptors (Lipinski definition) is 10. The second-order valence-electron chi connectivity index (χ2n) is 10.1. The number of hydrogen-bond donors (Lipinski definition) is 2. The summed E-state index contributed by atoms with van der Waals surface area (Å²) in [4.78, 5) is 46.1. The lowest BCUT2D eigenvalue weighted by Crippen LogP contribution is -2.36. The van der Waals surface area contributed by atoms with Gasteiger partial charge in [-0.2, -0.15) is 0 Å². The lowest BCUT2D eigenvalue weighted by Gasteiger charge is -2.24. The van der Waals surface area contributed by atoms with Crippen LogP contribution in [0.15, 0.2) is 88.7 Å². The molecular weight excluding hydrogens is 612 g/mol. The normalized spacial score (nSPS) is 11.3. The zero-order chi connectivity index (χ0) is 33.0. The van der Waals surface area contributed by atoms with E-state index in [4.69, 9.17) is 14.9 Å². The van der Waals surface area contributed by atoms with Crippen LogP contribution in [0.4, 0.5) is 10.5 Å². The second-order valence-corrected chi connectivity index (χ2v) is 11.9. The fourth-order valence-corrected chi connectivity index (χ4v) is 6.44. The van der Waals surface area contributed by atoms with Gasteiger partial charge in [0, 0.05) is 30.6 Å². The van der Waals surface area contributed by atoms with E-state index in [9.17, 15) is 22.8 Å². The SMILES string of the molecule is CCOC(=O)NC(=N)c1ccc(Cc2nc3cc(N(CC(=O)OC)S(=O)(=O)c4cccc5cccnc45)ccc3n(C)c2=O)cc1. The van der Waals surface area contributed by atoms with E-state index in [-0.39, 0.29) is 46.2 Å². The summed E-state index contributed by atoms with van der Waals surface area (Å²) in [6.07, 6.45) is 0.899. The predicted octanol–water partition coefficient (Wildman–Crippen LogP) is 3.51. The summed E-state index contributed by atoms with van der Waals surface area (Å²) in [5, 5.41) is 11.0. The Kier molecular flexibility index (Phi) is 9.09. The summed E-state index contributed by atoms with van der Waals surface area (Å²) in [5.41, 5.74) is 2.17. The largest absolute Gasteiger partial charge is 0.468 e. The molecule has 0 aliphatic heterocycles. The molecule has 3 aromatic carbocycles. The van der Waals surface area contributed by atoms with Gasteiger partial charge in [-0.05, 0) is 42.8 Å². The van der Waals surface area contributed by atoms with Crippen molar-refractivity contribution < 1.29 is 27.5 Å². The van der Waals surface area contributed by atoms with Crippen molar-refractivity contribution in [2.75, 3.05) is 24.6 Å². The van der Waals surface area contributed by atoms with Gasteiger partial charge in [-0.25, -0.2) is 18.2 Å². The number of amides is 1. The number of aromatic nitrogens is 3. The van der Waals surface area contributed by atoms with E-state index in [1.54, 1.807) is 68.6 Å². The van der Waals surface area contributed by atoms with Crippen molar-refractivity contribution in [3.05, 3.63) is 106 Å². The van der Waals surface area contributed by atoms with E-state index in [1.807, 2.05) is 0 Å². The summed E-state index contributed by atoms with van der Waals surface area (Å²) in [7, 11) is -1.57. The highest BCUT2D eigenvalue weighted by Gasteiger charge is 2.30. The third-order valence-corrected chi connectivity index (χ3v) is 9.00. The molecule has 13 nitrogen and oxygen atoms in total. The minimum atomic E-state index is -4.33. The van der Waals surface area contributed by atoms with Crippen molar-refractivity contribution in [2.24, 2.45) is 7.05 Å². The van der Waals surface area contributed by atoms with E-state index in [0.29, 0.717) is 27.5 Å². The fourth-order valence-electron chi connectivity index (χ4n) is 4.88. The molecule has 0 fully saturated rings. The van der Waals surface area contributed by atoms with Gasteiger partial charge in [0.2, 0.25) is 0 Å². The molecular formula is C32H30N6O7S. The molecule has 236 valence electrons. The molecule has 5 aromatic rings. The molecule has 0 aliphatic rings. The second kappa shape index (κ2) is 13.2. The number of para-hydroxylation sites is 1. The first-order valence-corrected chi connectivity index (χ1v) is 15.5. The predicted molar refractivity (Wildman–Crippen MR) is 172 cm³/mol. The number of anilines is 1. The van der Waals surface area contributed by atoms with Crippen LogP contribution in [0.1, 0.15) is 23.7 Å². The van der Waals surface area contributed by atoms with Gasteiger partial charge in [0.25, 0.3) is 15.6 Å². The molecule has 0 aliphatic carbocycles. The number of pyridine rings is 1. The number of nitrogens with one attached hydrogen (secondary N) is 2. The summed E-state index contributed by atoms with van der Waals surface area (Å²) in [5.74, 6) is -0.914. The Morgan fingerprint density at radius 1 is 1.04 bits per heavy atom. The van der Waals surface area contributed by atoms with E-state index >= 15 is 0 Å². The van der Waals surface area contributed by atoms with Gasteiger partial charge in [-0.15, -0.1) is 0 Å². The van der Waals surface area contributed by atoms with Crippen LogP contribution in [0.2, 0.25) is 0 Å². The number of benzene rings is 3. The number of rotatable bonds is 9. The minimum Gasteiger partial charge on any atom is -0.468 e. The highest BCUT2D eigenvalue weighted by molar-refractivity contribution is 7.93. The van der Waals surface area contributed by atoms with Crippen LogP contribution in [0.5, 0.6) is 0 Å². The fraction of sp³-hybridized carbons (Fsp3) is 0.188. The third kappa shape index (κ3) is 6.42. The van der Waals surface area contributed by atoms with Crippen LogP contribution in [0.25, 0.3) is 21.9 Å². The van der Waals surface area contributed by atoms with Gasteiger partial charge in [-0.3, -0.25) is 29.6 Å². The molecule has 14 heteroatoms. The number of ether oxygens (including phenoxy) is 2. The summed E-state index contributed by atoms with van der Waals surface area (Å²) >= 11 is 0. The highest BCUT2D eigenvalue weighted by Crippen LogP contribution is 2.30. The van der Waals surface area contributed by atoms with Gasteiger partial charge in [0.15, 0.2) is 0 Å². The Morgan fingerprint density at radius 2 is 1.78 bits per heavy atom. The maximum absolute atomic E-state index is 14.1. The van der Waals surface area contributed by atoms with Crippen LogP contribution >= 0.6 is 0 Å². The number of amidine groups is 1. The van der Waals surface area contributed by atoms with Crippen LogP contribution < -0.4 is 15.2 Å². The van der Waals surface area contributed by atoms with E-state index < -0.39 is 28.6 Å². The quantitative estimate of drug-likeness (QED) is 0.139. The first-order valence-electron chi connectivity index (χ1n) is 14.1. The number of fused-ring (bicyclic) bond motifs is 2. The average Bonchev–Trinajstić information content (AvgIpc) is 3.05. The molecule has 5 rings (SSSR count). The molecule has 1 amide bonds.